The van der Waals surface area contributed by atoms with Crippen molar-refractivity contribution in [3.8, 4) is 0 Å². The number of carbonyl (C=O) groups excluding carboxylic acids is 1. The molecule has 0 atom stereocenters. The van der Waals surface area contributed by atoms with Gasteiger partial charge in [0.25, 0.3) is 0 Å². The number of fused-ring (bicyclic) bond motifs is 1. The summed E-state index contributed by atoms with van der Waals surface area (Å²) in [4.78, 5) is 14.7. The highest BCUT2D eigenvalue weighted by Gasteiger charge is 2.26. The SMILES string of the molecule is CCN(CC)S(=O)(=O)c1ccc2c(c1)CCN2CC(=O)Nc1cc(Cl)ccc1Cl. The molecular weight excluding hydrogens is 433 g/mol. The minimum absolute atomic E-state index is 0.137. The number of nitrogens with zero attached hydrogens (tertiary/aromatic N) is 2. The van der Waals surface area contributed by atoms with Crippen LogP contribution in [0.25, 0.3) is 0 Å². The summed E-state index contributed by atoms with van der Waals surface area (Å²) in [6, 6.07) is 9.98. The van der Waals surface area contributed by atoms with Crippen LogP contribution in [0.3, 0.4) is 0 Å². The largest absolute Gasteiger partial charge is 0.362 e. The van der Waals surface area contributed by atoms with Crippen LogP contribution in [0.5, 0.6) is 0 Å². The first-order chi connectivity index (χ1) is 13.8. The molecule has 0 fully saturated rings. The Hall–Kier alpha value is -1.80. The number of amides is 1. The molecule has 0 spiro atoms. The normalized spacial score (nSPS) is 13.6. The lowest BCUT2D eigenvalue weighted by Crippen LogP contribution is -2.32. The second-order valence-corrected chi connectivity index (χ2v) is 9.51. The number of halogens is 2. The van der Waals surface area contributed by atoms with Crippen molar-refractivity contribution in [1.29, 1.82) is 0 Å². The van der Waals surface area contributed by atoms with Gasteiger partial charge in [-0.3, -0.25) is 4.79 Å². The van der Waals surface area contributed by atoms with E-state index < -0.39 is 10.0 Å². The molecule has 0 aliphatic carbocycles. The Kier molecular flexibility index (Phi) is 6.73. The molecule has 1 heterocycles. The average Bonchev–Trinajstić information content (AvgIpc) is 3.07. The summed E-state index contributed by atoms with van der Waals surface area (Å²) in [5.41, 5.74) is 2.26. The highest BCUT2D eigenvalue weighted by atomic mass is 35.5. The molecule has 9 heteroatoms. The van der Waals surface area contributed by atoms with Crippen molar-refractivity contribution >= 4 is 50.5 Å². The van der Waals surface area contributed by atoms with Gasteiger partial charge in [0, 0.05) is 30.3 Å². The number of rotatable bonds is 7. The van der Waals surface area contributed by atoms with Gasteiger partial charge in [-0.05, 0) is 48.4 Å². The molecule has 2 aromatic carbocycles. The summed E-state index contributed by atoms with van der Waals surface area (Å²) in [5, 5.41) is 3.67. The number of benzene rings is 2. The molecule has 0 saturated carbocycles. The zero-order valence-corrected chi connectivity index (χ0v) is 18.6. The third-order valence-electron chi connectivity index (χ3n) is 4.92. The third-order valence-corrected chi connectivity index (χ3v) is 7.53. The Morgan fingerprint density at radius 2 is 1.86 bits per heavy atom. The van der Waals surface area contributed by atoms with Crippen LogP contribution in [0, 0.1) is 0 Å². The molecule has 0 saturated heterocycles. The molecule has 1 amide bonds. The third kappa shape index (κ3) is 4.69. The molecule has 3 rings (SSSR count). The van der Waals surface area contributed by atoms with Crippen molar-refractivity contribution in [2.45, 2.75) is 25.2 Å². The van der Waals surface area contributed by atoms with Crippen LogP contribution < -0.4 is 10.2 Å². The van der Waals surface area contributed by atoms with Gasteiger partial charge in [-0.15, -0.1) is 0 Å². The predicted octanol–water partition coefficient (Wildman–Crippen LogP) is 4.03. The smallest absolute Gasteiger partial charge is 0.243 e. The summed E-state index contributed by atoms with van der Waals surface area (Å²) < 4.78 is 26.9. The second kappa shape index (κ2) is 8.92. The number of hydrogen-bond donors (Lipinski definition) is 1. The lowest BCUT2D eigenvalue weighted by molar-refractivity contribution is -0.115. The first-order valence-corrected chi connectivity index (χ1v) is 11.6. The molecule has 2 aromatic rings. The molecule has 29 heavy (non-hydrogen) atoms. The maximum absolute atomic E-state index is 12.7. The van der Waals surface area contributed by atoms with Gasteiger partial charge in [0.2, 0.25) is 15.9 Å². The van der Waals surface area contributed by atoms with Crippen LogP contribution in [0.4, 0.5) is 11.4 Å². The van der Waals surface area contributed by atoms with Crippen molar-refractivity contribution in [2.24, 2.45) is 0 Å². The molecule has 0 bridgehead atoms. The molecule has 1 aliphatic rings. The Balaban J connectivity index is 1.75. The fourth-order valence-corrected chi connectivity index (χ4v) is 5.29. The number of carbonyl (C=O) groups is 1. The van der Waals surface area contributed by atoms with E-state index in [-0.39, 0.29) is 17.3 Å². The predicted molar refractivity (Wildman–Crippen MR) is 118 cm³/mol. The van der Waals surface area contributed by atoms with Crippen LogP contribution in [-0.2, 0) is 21.2 Å². The van der Waals surface area contributed by atoms with E-state index in [0.29, 0.717) is 41.8 Å². The monoisotopic (exact) mass is 455 g/mol. The molecule has 156 valence electrons. The van der Waals surface area contributed by atoms with Crippen molar-refractivity contribution in [2.75, 3.05) is 36.4 Å². The van der Waals surface area contributed by atoms with Gasteiger partial charge in [0.1, 0.15) is 0 Å². The maximum Gasteiger partial charge on any atom is 0.243 e. The second-order valence-electron chi connectivity index (χ2n) is 6.72. The van der Waals surface area contributed by atoms with E-state index in [9.17, 15) is 13.2 Å². The lowest BCUT2D eigenvalue weighted by atomic mass is 10.2. The fourth-order valence-electron chi connectivity index (χ4n) is 3.44. The van der Waals surface area contributed by atoms with E-state index in [4.69, 9.17) is 23.2 Å². The Bertz CT molecular complexity index is 1020. The van der Waals surface area contributed by atoms with Crippen LogP contribution in [0.15, 0.2) is 41.3 Å². The molecule has 0 unspecified atom stereocenters. The molecule has 0 aromatic heterocycles. The summed E-state index contributed by atoms with van der Waals surface area (Å²) in [6.45, 7) is 5.27. The topological polar surface area (TPSA) is 69.7 Å². The number of sulfonamides is 1. The van der Waals surface area contributed by atoms with Crippen molar-refractivity contribution < 1.29 is 13.2 Å². The summed E-state index contributed by atoms with van der Waals surface area (Å²) >= 11 is 12.1. The van der Waals surface area contributed by atoms with Gasteiger partial charge >= 0.3 is 0 Å². The van der Waals surface area contributed by atoms with E-state index in [1.165, 1.54) is 4.31 Å². The van der Waals surface area contributed by atoms with E-state index in [1.807, 2.05) is 18.7 Å². The zero-order chi connectivity index (χ0) is 21.2. The van der Waals surface area contributed by atoms with E-state index in [2.05, 4.69) is 5.32 Å². The first-order valence-electron chi connectivity index (χ1n) is 9.39. The molecule has 1 N–H and O–H groups in total. The van der Waals surface area contributed by atoms with Gasteiger partial charge in [-0.1, -0.05) is 37.0 Å². The number of anilines is 2. The molecule has 6 nitrogen and oxygen atoms in total. The summed E-state index contributed by atoms with van der Waals surface area (Å²) in [7, 11) is -3.50. The fraction of sp³-hybridized carbons (Fsp3) is 0.350. The number of nitrogens with one attached hydrogen (secondary N) is 1. The van der Waals surface area contributed by atoms with E-state index >= 15 is 0 Å². The lowest BCUT2D eigenvalue weighted by Gasteiger charge is -2.21. The molecule has 0 radical (unpaired) electrons. The average molecular weight is 456 g/mol. The van der Waals surface area contributed by atoms with Crippen molar-refractivity contribution in [3.05, 3.63) is 52.0 Å². The van der Waals surface area contributed by atoms with Crippen LogP contribution in [-0.4, -0.2) is 44.8 Å². The molecular formula is C20H23Cl2N3O3S. The standard InChI is InChI=1S/C20H23Cl2N3O3S/c1-3-25(4-2)29(27,28)16-6-8-19-14(11-16)9-10-24(19)13-20(26)23-18-12-15(21)5-7-17(18)22/h5-8,11-12H,3-4,9-10,13H2,1-2H3,(H,23,26). The summed E-state index contributed by atoms with van der Waals surface area (Å²) in [5.74, 6) is -0.221. The minimum Gasteiger partial charge on any atom is -0.362 e. The maximum atomic E-state index is 12.7. The van der Waals surface area contributed by atoms with Crippen LogP contribution >= 0.6 is 23.2 Å². The van der Waals surface area contributed by atoms with Crippen molar-refractivity contribution in [3.63, 3.8) is 0 Å². The first kappa shape index (κ1) is 21.9. The van der Waals surface area contributed by atoms with Gasteiger partial charge in [-0.25, -0.2) is 8.42 Å². The van der Waals surface area contributed by atoms with Gasteiger partial charge in [0.15, 0.2) is 0 Å². The highest BCUT2D eigenvalue weighted by molar-refractivity contribution is 7.89. The van der Waals surface area contributed by atoms with E-state index in [1.54, 1.807) is 36.4 Å². The van der Waals surface area contributed by atoms with Gasteiger partial charge < -0.3 is 10.2 Å². The van der Waals surface area contributed by atoms with E-state index in [0.717, 1.165) is 11.3 Å². The zero-order valence-electron chi connectivity index (χ0n) is 16.3. The quantitative estimate of drug-likeness (QED) is 0.683. The van der Waals surface area contributed by atoms with Crippen molar-refractivity contribution in [1.82, 2.24) is 4.31 Å². The van der Waals surface area contributed by atoms with Crippen LogP contribution in [0.1, 0.15) is 19.4 Å². The number of hydrogen-bond acceptors (Lipinski definition) is 4. The van der Waals surface area contributed by atoms with Gasteiger partial charge in [-0.2, -0.15) is 4.31 Å². The summed E-state index contributed by atoms with van der Waals surface area (Å²) in [6.07, 6.45) is 0.683. The minimum atomic E-state index is -3.50. The Labute approximate surface area is 181 Å². The van der Waals surface area contributed by atoms with Crippen LogP contribution in [0.2, 0.25) is 10.0 Å². The molecule has 1 aliphatic heterocycles. The Morgan fingerprint density at radius 1 is 1.14 bits per heavy atom. The highest BCUT2D eigenvalue weighted by Crippen LogP contribution is 2.31. The Morgan fingerprint density at radius 3 is 2.55 bits per heavy atom. The van der Waals surface area contributed by atoms with Gasteiger partial charge in [0.05, 0.1) is 22.2 Å².